The van der Waals surface area contributed by atoms with Gasteiger partial charge in [-0.15, -0.1) is 11.3 Å². The molecule has 8 nitrogen and oxygen atoms in total. The summed E-state index contributed by atoms with van der Waals surface area (Å²) in [4.78, 5) is 26.3. The summed E-state index contributed by atoms with van der Waals surface area (Å²) in [5.41, 5.74) is 0.100. The topological polar surface area (TPSA) is 115 Å². The number of anilines is 1. The molecule has 0 radical (unpaired) electrons. The molecule has 0 aromatic carbocycles. The van der Waals surface area contributed by atoms with E-state index in [0.717, 1.165) is 0 Å². The minimum absolute atomic E-state index is 0.0727. The highest BCUT2D eigenvalue weighted by molar-refractivity contribution is 7.14. The number of nitrogens with zero attached hydrogens (tertiary/aromatic N) is 2. The van der Waals surface area contributed by atoms with E-state index in [4.69, 9.17) is 14.4 Å². The van der Waals surface area contributed by atoms with Gasteiger partial charge in [0.25, 0.3) is 0 Å². The van der Waals surface area contributed by atoms with Crippen molar-refractivity contribution in [1.29, 1.82) is 0 Å². The van der Waals surface area contributed by atoms with Crippen molar-refractivity contribution in [3.8, 4) is 11.4 Å². The predicted molar refractivity (Wildman–Crippen MR) is 83.4 cm³/mol. The number of carbonyl (C=O) groups is 2. The molecule has 124 valence electrons. The van der Waals surface area contributed by atoms with E-state index in [-0.39, 0.29) is 18.7 Å². The molecule has 0 spiro atoms. The highest BCUT2D eigenvalue weighted by Gasteiger charge is 2.17. The second-order valence-corrected chi connectivity index (χ2v) is 6.64. The molecule has 2 heterocycles. The van der Waals surface area contributed by atoms with Gasteiger partial charge in [-0.05, 0) is 26.8 Å². The molecule has 2 aromatic rings. The van der Waals surface area contributed by atoms with Crippen LogP contribution in [0.5, 0.6) is 0 Å². The number of aryl methyl sites for hydroxylation is 1. The summed E-state index contributed by atoms with van der Waals surface area (Å²) in [6.07, 6.45) is -0.437. The summed E-state index contributed by atoms with van der Waals surface area (Å²) in [6, 6.07) is 1.69. The molecule has 0 unspecified atom stereocenters. The Hall–Kier alpha value is -2.42. The lowest BCUT2D eigenvalue weighted by atomic mass is 10.2. The SMILES string of the molecule is CC(C)(C)OC(=O)Nc1cc(-c2noc(CCC(=O)O)n2)cs1. The summed E-state index contributed by atoms with van der Waals surface area (Å²) < 4.78 is 10.2. The van der Waals surface area contributed by atoms with Crippen LogP contribution in [0.1, 0.15) is 33.1 Å². The lowest BCUT2D eigenvalue weighted by Gasteiger charge is -2.19. The maximum absolute atomic E-state index is 11.7. The molecule has 2 N–H and O–H groups in total. The number of rotatable bonds is 5. The summed E-state index contributed by atoms with van der Waals surface area (Å²) in [6.45, 7) is 5.35. The van der Waals surface area contributed by atoms with Gasteiger partial charge in [0.2, 0.25) is 11.7 Å². The monoisotopic (exact) mass is 339 g/mol. The van der Waals surface area contributed by atoms with Crippen LogP contribution in [0.4, 0.5) is 9.80 Å². The Morgan fingerprint density at radius 1 is 1.43 bits per heavy atom. The number of hydrogen-bond acceptors (Lipinski definition) is 7. The smallest absolute Gasteiger partial charge is 0.412 e. The van der Waals surface area contributed by atoms with Crippen LogP contribution >= 0.6 is 11.3 Å². The van der Waals surface area contributed by atoms with Gasteiger partial charge in [0.05, 0.1) is 11.4 Å². The molecule has 23 heavy (non-hydrogen) atoms. The first kappa shape index (κ1) is 16.9. The molecule has 0 atom stereocenters. The van der Waals surface area contributed by atoms with Crippen molar-refractivity contribution in [2.24, 2.45) is 0 Å². The normalized spacial score (nSPS) is 11.3. The molecule has 2 rings (SSSR count). The van der Waals surface area contributed by atoms with E-state index < -0.39 is 17.7 Å². The molecule has 2 aromatic heterocycles. The Kier molecular flexibility index (Phi) is 4.99. The zero-order chi connectivity index (χ0) is 17.0. The fraction of sp³-hybridized carbons (Fsp3) is 0.429. The molecule has 0 bridgehead atoms. The number of carboxylic acid groups (broad SMARTS) is 1. The van der Waals surface area contributed by atoms with E-state index in [2.05, 4.69) is 15.5 Å². The van der Waals surface area contributed by atoms with Crippen molar-refractivity contribution in [3.63, 3.8) is 0 Å². The zero-order valence-electron chi connectivity index (χ0n) is 13.0. The van der Waals surface area contributed by atoms with E-state index in [1.807, 2.05) is 0 Å². The van der Waals surface area contributed by atoms with Crippen LogP contribution in [0.3, 0.4) is 0 Å². The zero-order valence-corrected chi connectivity index (χ0v) is 13.8. The Bertz CT molecular complexity index is 701. The Morgan fingerprint density at radius 2 is 2.17 bits per heavy atom. The third-order valence-electron chi connectivity index (χ3n) is 2.50. The quantitative estimate of drug-likeness (QED) is 0.859. The van der Waals surface area contributed by atoms with E-state index in [1.54, 1.807) is 32.2 Å². The first-order chi connectivity index (χ1) is 10.7. The van der Waals surface area contributed by atoms with Crippen LogP contribution in [0.2, 0.25) is 0 Å². The first-order valence-corrected chi connectivity index (χ1v) is 7.74. The third-order valence-corrected chi connectivity index (χ3v) is 3.35. The van der Waals surface area contributed by atoms with Crippen LogP contribution in [0.25, 0.3) is 11.4 Å². The largest absolute Gasteiger partial charge is 0.481 e. The lowest BCUT2D eigenvalue weighted by Crippen LogP contribution is -2.26. The molecule has 0 saturated heterocycles. The molecule has 0 fully saturated rings. The van der Waals surface area contributed by atoms with Crippen LogP contribution in [-0.2, 0) is 16.0 Å². The summed E-state index contributed by atoms with van der Waals surface area (Å²) in [5, 5.41) is 17.4. The van der Waals surface area contributed by atoms with Crippen LogP contribution in [0.15, 0.2) is 16.0 Å². The highest BCUT2D eigenvalue weighted by atomic mass is 32.1. The van der Waals surface area contributed by atoms with Crippen molar-refractivity contribution in [1.82, 2.24) is 10.1 Å². The van der Waals surface area contributed by atoms with E-state index in [9.17, 15) is 9.59 Å². The molecule has 9 heteroatoms. The maximum Gasteiger partial charge on any atom is 0.412 e. The van der Waals surface area contributed by atoms with E-state index in [0.29, 0.717) is 16.4 Å². The van der Waals surface area contributed by atoms with Crippen LogP contribution in [-0.4, -0.2) is 32.9 Å². The van der Waals surface area contributed by atoms with Crippen LogP contribution < -0.4 is 5.32 Å². The van der Waals surface area contributed by atoms with Crippen molar-refractivity contribution in [3.05, 3.63) is 17.3 Å². The van der Waals surface area contributed by atoms with Gasteiger partial charge >= 0.3 is 12.1 Å². The van der Waals surface area contributed by atoms with Gasteiger partial charge in [-0.2, -0.15) is 4.98 Å². The second kappa shape index (κ2) is 6.78. The maximum atomic E-state index is 11.7. The molecule has 0 aliphatic carbocycles. The Balaban J connectivity index is 1.99. The second-order valence-electron chi connectivity index (χ2n) is 5.73. The van der Waals surface area contributed by atoms with Crippen molar-refractivity contribution in [2.45, 2.75) is 39.2 Å². The fourth-order valence-electron chi connectivity index (χ4n) is 1.61. The molecule has 1 amide bonds. The molecule has 0 aliphatic rings. The average molecular weight is 339 g/mol. The van der Waals surface area contributed by atoms with Gasteiger partial charge in [-0.1, -0.05) is 5.16 Å². The van der Waals surface area contributed by atoms with Gasteiger partial charge in [0.1, 0.15) is 5.60 Å². The number of thiophene rings is 1. The predicted octanol–water partition coefficient (Wildman–Crippen LogP) is 3.16. The number of hydrogen-bond donors (Lipinski definition) is 2. The fourth-order valence-corrected chi connectivity index (χ4v) is 2.38. The summed E-state index contributed by atoms with van der Waals surface area (Å²) >= 11 is 1.30. The first-order valence-electron chi connectivity index (χ1n) is 6.86. The third kappa shape index (κ3) is 5.37. The summed E-state index contributed by atoms with van der Waals surface area (Å²) in [5.74, 6) is -0.321. The van der Waals surface area contributed by atoms with Gasteiger partial charge in [-0.3, -0.25) is 10.1 Å². The standard InChI is InChI=1S/C14H17N3O5S/c1-14(2,3)21-13(20)16-10-6-8(7-23-10)12-15-9(22-17-12)4-5-11(18)19/h6-7H,4-5H2,1-3H3,(H,16,20)(H,18,19). The number of amides is 1. The van der Waals surface area contributed by atoms with Gasteiger partial charge < -0.3 is 14.4 Å². The number of carboxylic acids is 1. The van der Waals surface area contributed by atoms with Gasteiger partial charge in [0, 0.05) is 17.4 Å². The molecule has 0 aliphatic heterocycles. The number of aromatic nitrogens is 2. The number of carbonyl (C=O) groups excluding carboxylic acids is 1. The number of ether oxygens (including phenoxy) is 1. The average Bonchev–Trinajstić information content (AvgIpc) is 3.02. The Labute approximate surface area is 136 Å². The number of nitrogens with one attached hydrogen (secondary N) is 1. The van der Waals surface area contributed by atoms with E-state index >= 15 is 0 Å². The van der Waals surface area contributed by atoms with Crippen molar-refractivity contribution >= 4 is 28.4 Å². The lowest BCUT2D eigenvalue weighted by molar-refractivity contribution is -0.137. The molecular formula is C14H17N3O5S. The van der Waals surface area contributed by atoms with Gasteiger partial charge in [0.15, 0.2) is 0 Å². The number of aliphatic carboxylic acids is 1. The highest BCUT2D eigenvalue weighted by Crippen LogP contribution is 2.27. The van der Waals surface area contributed by atoms with Crippen molar-refractivity contribution < 1.29 is 24.0 Å². The van der Waals surface area contributed by atoms with E-state index in [1.165, 1.54) is 11.3 Å². The van der Waals surface area contributed by atoms with Crippen LogP contribution in [0, 0.1) is 0 Å². The molecular weight excluding hydrogens is 322 g/mol. The van der Waals surface area contributed by atoms with Gasteiger partial charge in [-0.25, -0.2) is 4.79 Å². The minimum Gasteiger partial charge on any atom is -0.481 e. The van der Waals surface area contributed by atoms with Crippen molar-refractivity contribution in [2.75, 3.05) is 5.32 Å². The molecule has 0 saturated carbocycles. The minimum atomic E-state index is -0.927. The summed E-state index contributed by atoms with van der Waals surface area (Å²) in [7, 11) is 0. The Morgan fingerprint density at radius 3 is 2.83 bits per heavy atom.